The summed E-state index contributed by atoms with van der Waals surface area (Å²) in [4.78, 5) is 17.9. The lowest BCUT2D eigenvalue weighted by Gasteiger charge is -2.32. The summed E-state index contributed by atoms with van der Waals surface area (Å²) in [6, 6.07) is 3.92. The summed E-state index contributed by atoms with van der Waals surface area (Å²) < 4.78 is 44.4. The third-order valence-corrected chi connectivity index (χ3v) is 7.10. The molecule has 1 amide bonds. The fraction of sp³-hybridized carbons (Fsp3) is 0.417. The van der Waals surface area contributed by atoms with Crippen molar-refractivity contribution in [1.29, 1.82) is 5.26 Å². The standard InChI is InChI=1S/C24H26F3N7OS/c1-5-34-13-19(23(30-34)24(25,26)27)22-17(11-29-32(22)4)18-12-33(21(35)7-6-8-31(2)3)14-20-16(18)9-15(10-28)36-20/h6-7,9,11,13,18H,5,8,12,14H2,1-4H3/b7-6+. The topological polar surface area (TPSA) is 83.0 Å². The summed E-state index contributed by atoms with van der Waals surface area (Å²) in [6.07, 6.45) is 1.57. The van der Waals surface area contributed by atoms with E-state index in [0.717, 1.165) is 10.4 Å². The number of carbonyl (C=O) groups is 1. The second-order valence-corrected chi connectivity index (χ2v) is 9.99. The molecule has 0 aromatic carbocycles. The van der Waals surface area contributed by atoms with Crippen LogP contribution in [0.5, 0.6) is 0 Å². The predicted octanol–water partition coefficient (Wildman–Crippen LogP) is 3.85. The van der Waals surface area contributed by atoms with E-state index in [2.05, 4.69) is 16.3 Å². The quantitative estimate of drug-likeness (QED) is 0.464. The predicted molar refractivity (Wildman–Crippen MR) is 129 cm³/mol. The van der Waals surface area contributed by atoms with Crippen molar-refractivity contribution < 1.29 is 18.0 Å². The number of thiophene rings is 1. The molecule has 0 bridgehead atoms. The van der Waals surface area contributed by atoms with Gasteiger partial charge in [0.1, 0.15) is 10.9 Å². The number of rotatable bonds is 6. The molecule has 12 heteroatoms. The first-order valence-corrected chi connectivity index (χ1v) is 12.1. The summed E-state index contributed by atoms with van der Waals surface area (Å²) in [6.45, 7) is 3.18. The zero-order valence-electron chi connectivity index (χ0n) is 20.4. The van der Waals surface area contributed by atoms with Crippen LogP contribution in [0.2, 0.25) is 0 Å². The van der Waals surface area contributed by atoms with Crippen molar-refractivity contribution >= 4 is 17.2 Å². The van der Waals surface area contributed by atoms with Crippen LogP contribution in [-0.4, -0.2) is 62.5 Å². The number of hydrogen-bond donors (Lipinski definition) is 0. The molecule has 1 atom stereocenters. The number of likely N-dealkylation sites (N-methyl/N-ethyl adjacent to an activating group) is 1. The highest BCUT2D eigenvalue weighted by atomic mass is 32.1. The van der Waals surface area contributed by atoms with E-state index >= 15 is 0 Å². The van der Waals surface area contributed by atoms with Gasteiger partial charge in [0.25, 0.3) is 0 Å². The largest absolute Gasteiger partial charge is 0.435 e. The minimum atomic E-state index is -4.65. The van der Waals surface area contributed by atoms with Crippen molar-refractivity contribution in [1.82, 2.24) is 29.4 Å². The average molecular weight is 518 g/mol. The Kier molecular flexibility index (Phi) is 7.06. The molecule has 0 saturated carbocycles. The Labute approximate surface area is 210 Å². The van der Waals surface area contributed by atoms with Crippen LogP contribution in [0.1, 0.15) is 39.4 Å². The molecule has 0 saturated heterocycles. The van der Waals surface area contributed by atoms with Gasteiger partial charge in [-0.25, -0.2) is 0 Å². The molecule has 3 aromatic heterocycles. The SMILES string of the molecule is CCn1cc(-c2c(C3CN(C(=O)/C=C/CN(C)C)Cc4sc(C#N)cc43)cnn2C)c(C(F)(F)F)n1. The van der Waals surface area contributed by atoms with Crippen LogP contribution >= 0.6 is 11.3 Å². The number of hydrogen-bond acceptors (Lipinski definition) is 6. The molecule has 0 spiro atoms. The molecule has 0 radical (unpaired) electrons. The van der Waals surface area contributed by atoms with Crippen LogP contribution in [0, 0.1) is 11.3 Å². The molecule has 1 aliphatic rings. The Balaban J connectivity index is 1.81. The number of halogens is 3. The molecule has 4 rings (SSSR count). The van der Waals surface area contributed by atoms with Gasteiger partial charge in [-0.15, -0.1) is 11.3 Å². The maximum absolute atomic E-state index is 13.9. The normalized spacial score (nSPS) is 16.1. The van der Waals surface area contributed by atoms with E-state index in [9.17, 15) is 23.2 Å². The van der Waals surface area contributed by atoms with Gasteiger partial charge in [0.05, 0.1) is 24.0 Å². The fourth-order valence-electron chi connectivity index (χ4n) is 4.38. The second kappa shape index (κ2) is 9.91. The van der Waals surface area contributed by atoms with Gasteiger partial charge in [-0.3, -0.25) is 14.2 Å². The summed E-state index contributed by atoms with van der Waals surface area (Å²) >= 11 is 1.30. The van der Waals surface area contributed by atoms with Gasteiger partial charge in [-0.2, -0.15) is 28.6 Å². The number of fused-ring (bicyclic) bond motifs is 1. The van der Waals surface area contributed by atoms with Crippen LogP contribution < -0.4 is 0 Å². The Hall–Kier alpha value is -3.43. The monoisotopic (exact) mass is 517 g/mol. The Morgan fingerprint density at radius 3 is 2.75 bits per heavy atom. The smallest absolute Gasteiger partial charge is 0.333 e. The summed E-state index contributed by atoms with van der Waals surface area (Å²) in [7, 11) is 5.38. The van der Waals surface area contributed by atoms with Gasteiger partial charge < -0.3 is 9.80 Å². The molecule has 0 aliphatic carbocycles. The van der Waals surface area contributed by atoms with Crippen LogP contribution in [0.25, 0.3) is 11.3 Å². The minimum Gasteiger partial charge on any atom is -0.333 e. The molecule has 190 valence electrons. The molecule has 4 heterocycles. The number of aryl methyl sites for hydroxylation is 2. The van der Waals surface area contributed by atoms with Crippen molar-refractivity contribution in [3.8, 4) is 17.3 Å². The van der Waals surface area contributed by atoms with Gasteiger partial charge in [-0.1, -0.05) is 6.08 Å². The third kappa shape index (κ3) is 4.94. The maximum Gasteiger partial charge on any atom is 0.435 e. The van der Waals surface area contributed by atoms with Gasteiger partial charge >= 0.3 is 6.18 Å². The molecular formula is C24H26F3N7OS. The van der Waals surface area contributed by atoms with Gasteiger partial charge in [-0.05, 0) is 32.6 Å². The summed E-state index contributed by atoms with van der Waals surface area (Å²) in [5, 5.41) is 17.6. The molecular weight excluding hydrogens is 491 g/mol. The van der Waals surface area contributed by atoms with E-state index in [4.69, 9.17) is 0 Å². The van der Waals surface area contributed by atoms with Crippen molar-refractivity contribution in [3.05, 3.63) is 57.2 Å². The van der Waals surface area contributed by atoms with E-state index < -0.39 is 17.8 Å². The Bertz CT molecular complexity index is 1340. The number of amides is 1. The van der Waals surface area contributed by atoms with E-state index in [1.165, 1.54) is 33.0 Å². The molecule has 1 aliphatic heterocycles. The van der Waals surface area contributed by atoms with E-state index in [1.54, 1.807) is 37.2 Å². The molecule has 8 nitrogen and oxygen atoms in total. The Morgan fingerprint density at radius 1 is 1.36 bits per heavy atom. The van der Waals surface area contributed by atoms with Gasteiger partial charge in [0.15, 0.2) is 5.69 Å². The molecule has 0 fully saturated rings. The van der Waals surface area contributed by atoms with Gasteiger partial charge in [0, 0.05) is 55.3 Å². The minimum absolute atomic E-state index is 0.0639. The number of nitrogens with zero attached hydrogens (tertiary/aromatic N) is 7. The molecule has 3 aromatic rings. The highest BCUT2D eigenvalue weighted by Gasteiger charge is 2.40. The van der Waals surface area contributed by atoms with Crippen molar-refractivity contribution in [2.45, 2.75) is 32.1 Å². The lowest BCUT2D eigenvalue weighted by molar-refractivity contribution is -0.141. The van der Waals surface area contributed by atoms with E-state index in [0.29, 0.717) is 29.2 Å². The highest BCUT2D eigenvalue weighted by Crippen LogP contribution is 2.44. The lowest BCUT2D eigenvalue weighted by Crippen LogP contribution is -2.37. The third-order valence-electron chi connectivity index (χ3n) is 6.06. The van der Waals surface area contributed by atoms with E-state index in [1.807, 2.05) is 19.0 Å². The summed E-state index contributed by atoms with van der Waals surface area (Å²) in [5.41, 5.74) is 0.638. The maximum atomic E-state index is 13.9. The van der Waals surface area contributed by atoms with Crippen molar-refractivity contribution in [2.75, 3.05) is 27.2 Å². The fourth-order valence-corrected chi connectivity index (χ4v) is 5.42. The molecule has 0 N–H and O–H groups in total. The van der Waals surface area contributed by atoms with Crippen LogP contribution in [0.4, 0.5) is 13.2 Å². The average Bonchev–Trinajstić information content (AvgIpc) is 3.53. The first-order chi connectivity index (χ1) is 17.0. The first kappa shape index (κ1) is 25.7. The highest BCUT2D eigenvalue weighted by molar-refractivity contribution is 7.12. The number of alkyl halides is 3. The number of nitriles is 1. The Morgan fingerprint density at radius 2 is 2.11 bits per heavy atom. The van der Waals surface area contributed by atoms with Crippen LogP contribution in [0.15, 0.2) is 30.6 Å². The van der Waals surface area contributed by atoms with Gasteiger partial charge in [0.2, 0.25) is 5.91 Å². The van der Waals surface area contributed by atoms with Crippen LogP contribution in [-0.2, 0) is 31.1 Å². The molecule has 1 unspecified atom stereocenters. The number of carbonyl (C=O) groups excluding carboxylic acids is 1. The van der Waals surface area contributed by atoms with Crippen molar-refractivity contribution in [3.63, 3.8) is 0 Å². The van der Waals surface area contributed by atoms with E-state index in [-0.39, 0.29) is 24.6 Å². The number of aromatic nitrogens is 4. The lowest BCUT2D eigenvalue weighted by atomic mass is 9.87. The second-order valence-electron chi connectivity index (χ2n) is 8.85. The zero-order chi connectivity index (χ0) is 26.2. The summed E-state index contributed by atoms with van der Waals surface area (Å²) in [5.74, 6) is -0.646. The van der Waals surface area contributed by atoms with Crippen molar-refractivity contribution in [2.24, 2.45) is 7.05 Å². The molecule has 36 heavy (non-hydrogen) atoms. The van der Waals surface area contributed by atoms with Crippen LogP contribution in [0.3, 0.4) is 0 Å². The first-order valence-electron chi connectivity index (χ1n) is 11.3. The zero-order valence-corrected chi connectivity index (χ0v) is 21.2.